The van der Waals surface area contributed by atoms with Gasteiger partial charge in [0.1, 0.15) is 6.04 Å². The maximum Gasteiger partial charge on any atom is 0.327 e. The number of ketones is 1. The first kappa shape index (κ1) is 20.0. The molecule has 0 saturated carbocycles. The third-order valence-electron chi connectivity index (χ3n) is 3.15. The second-order valence-electron chi connectivity index (χ2n) is 4.95. The maximum atomic E-state index is 12.1. The van der Waals surface area contributed by atoms with Crippen LogP contribution in [-0.4, -0.2) is 52.3 Å². The van der Waals surface area contributed by atoms with Crippen molar-refractivity contribution >= 4 is 48.8 Å². The van der Waals surface area contributed by atoms with Crippen LogP contribution in [0.4, 0.5) is 0 Å². The molecule has 9 heteroatoms. The number of aliphatic carboxylic acids is 1. The van der Waals surface area contributed by atoms with Crippen LogP contribution in [0.1, 0.15) is 27.6 Å². The molecule has 7 nitrogen and oxygen atoms in total. The van der Waals surface area contributed by atoms with E-state index in [1.807, 2.05) is 0 Å². The van der Waals surface area contributed by atoms with Crippen LogP contribution in [0.2, 0.25) is 0 Å². The van der Waals surface area contributed by atoms with Crippen LogP contribution in [0.15, 0.2) is 24.3 Å². The Morgan fingerprint density at radius 3 is 1.83 bits per heavy atom. The monoisotopic (exact) mass is 370 g/mol. The number of amides is 2. The van der Waals surface area contributed by atoms with Crippen molar-refractivity contribution in [3.8, 4) is 0 Å². The highest BCUT2D eigenvalue weighted by atomic mass is 32.1. The number of carbonyl (C=O) groups is 4. The summed E-state index contributed by atoms with van der Waals surface area (Å²) in [5.74, 6) is -2.51. The topological polar surface area (TPSA) is 113 Å². The molecule has 0 aliphatic carbocycles. The molecule has 2 amide bonds. The Morgan fingerprint density at radius 1 is 1.00 bits per heavy atom. The van der Waals surface area contributed by atoms with Gasteiger partial charge in [0.2, 0.25) is 0 Å². The largest absolute Gasteiger partial charge is 0.480 e. The molecule has 0 aromatic heterocycles. The minimum Gasteiger partial charge on any atom is -0.480 e. The molecule has 1 rings (SSSR count). The van der Waals surface area contributed by atoms with Crippen molar-refractivity contribution in [3.63, 3.8) is 0 Å². The molecule has 130 valence electrons. The van der Waals surface area contributed by atoms with E-state index in [9.17, 15) is 19.2 Å². The number of rotatable bonds is 8. The second-order valence-corrected chi connectivity index (χ2v) is 5.68. The number of carboxylic acids is 1. The molecule has 0 fully saturated rings. The number of Topliss-reactive ketones (excluding diaryl/α,β-unsaturated/α-hetero) is 1. The molecule has 0 saturated heterocycles. The highest BCUT2D eigenvalue weighted by molar-refractivity contribution is 7.80. The lowest BCUT2D eigenvalue weighted by Gasteiger charge is -2.14. The summed E-state index contributed by atoms with van der Waals surface area (Å²) in [5.41, 5.74) is 0.300. The number of nitrogens with one attached hydrogen (secondary N) is 2. The fourth-order valence-corrected chi connectivity index (χ4v) is 2.34. The Hall–Kier alpha value is -2.00. The first-order valence-electron chi connectivity index (χ1n) is 6.97. The molecule has 0 heterocycles. The Kier molecular flexibility index (Phi) is 7.80. The van der Waals surface area contributed by atoms with E-state index in [2.05, 4.69) is 35.9 Å². The van der Waals surface area contributed by atoms with Gasteiger partial charge >= 0.3 is 5.97 Å². The molecule has 0 radical (unpaired) electrons. The van der Waals surface area contributed by atoms with Crippen LogP contribution in [0.25, 0.3) is 0 Å². The zero-order valence-electron chi connectivity index (χ0n) is 12.9. The van der Waals surface area contributed by atoms with Crippen molar-refractivity contribution < 1.29 is 24.3 Å². The number of benzene rings is 1. The first-order chi connectivity index (χ1) is 11.3. The summed E-state index contributed by atoms with van der Waals surface area (Å²) in [5, 5.41) is 13.7. The van der Waals surface area contributed by atoms with Gasteiger partial charge in [-0.25, -0.2) is 4.79 Å². The van der Waals surface area contributed by atoms with Crippen molar-refractivity contribution in [1.29, 1.82) is 0 Å². The van der Waals surface area contributed by atoms with Crippen molar-refractivity contribution in [2.24, 2.45) is 0 Å². The van der Waals surface area contributed by atoms with Gasteiger partial charge in [-0.2, -0.15) is 25.3 Å². The van der Waals surface area contributed by atoms with Crippen LogP contribution in [0.5, 0.6) is 0 Å². The molecule has 3 N–H and O–H groups in total. The molecule has 2 atom stereocenters. The zero-order chi connectivity index (χ0) is 18.3. The summed E-state index contributed by atoms with van der Waals surface area (Å²) in [4.78, 5) is 46.5. The van der Waals surface area contributed by atoms with E-state index in [0.717, 1.165) is 0 Å². The molecular formula is C15H18N2O5S2. The van der Waals surface area contributed by atoms with E-state index in [0.29, 0.717) is 0 Å². The quantitative estimate of drug-likeness (QED) is 0.426. The minimum atomic E-state index is -1.20. The van der Waals surface area contributed by atoms with Gasteiger partial charge in [0.15, 0.2) is 5.78 Å². The fraction of sp³-hybridized carbons (Fsp3) is 0.333. The molecule has 2 unspecified atom stereocenters. The predicted octanol–water partition coefficient (Wildman–Crippen LogP) is 0.417. The van der Waals surface area contributed by atoms with Gasteiger partial charge in [0.25, 0.3) is 11.8 Å². The number of carboxylic acid groups (broad SMARTS) is 1. The first-order valence-corrected chi connectivity index (χ1v) is 8.23. The van der Waals surface area contributed by atoms with Gasteiger partial charge in [0.05, 0.1) is 6.04 Å². The average Bonchev–Trinajstić information content (AvgIpc) is 2.56. The van der Waals surface area contributed by atoms with E-state index >= 15 is 0 Å². The fourth-order valence-electron chi connectivity index (χ4n) is 1.75. The summed E-state index contributed by atoms with van der Waals surface area (Å²) >= 11 is 7.86. The molecule has 0 aliphatic rings. The normalized spacial score (nSPS) is 12.8. The van der Waals surface area contributed by atoms with E-state index in [1.54, 1.807) is 0 Å². The highest BCUT2D eigenvalue weighted by Gasteiger charge is 2.20. The molecule has 0 aliphatic heterocycles. The van der Waals surface area contributed by atoms with Gasteiger partial charge in [-0.3, -0.25) is 14.4 Å². The molecule has 24 heavy (non-hydrogen) atoms. The Balaban J connectivity index is 2.89. The molecule has 0 bridgehead atoms. The van der Waals surface area contributed by atoms with Crippen LogP contribution < -0.4 is 10.6 Å². The van der Waals surface area contributed by atoms with Gasteiger partial charge in [-0.1, -0.05) is 6.07 Å². The number of carbonyl (C=O) groups excluding carboxylic acids is 3. The number of thiol groups is 2. The zero-order valence-corrected chi connectivity index (χ0v) is 14.6. The SMILES string of the molecule is CC(=O)C(CS)NC(=O)c1cccc(C(=O)NC(CS)C(=O)O)c1. The third-order valence-corrected chi connectivity index (χ3v) is 3.88. The van der Waals surface area contributed by atoms with Crippen molar-refractivity contribution in [2.75, 3.05) is 11.5 Å². The van der Waals surface area contributed by atoms with Gasteiger partial charge in [-0.15, -0.1) is 0 Å². The Morgan fingerprint density at radius 2 is 1.46 bits per heavy atom. The summed E-state index contributed by atoms with van der Waals surface area (Å²) < 4.78 is 0. The van der Waals surface area contributed by atoms with E-state index in [-0.39, 0.29) is 28.4 Å². The van der Waals surface area contributed by atoms with Crippen LogP contribution >= 0.6 is 25.3 Å². The molecule has 1 aromatic rings. The predicted molar refractivity (Wildman–Crippen MR) is 95.0 cm³/mol. The van der Waals surface area contributed by atoms with E-state index in [1.165, 1.54) is 31.2 Å². The highest BCUT2D eigenvalue weighted by Crippen LogP contribution is 2.07. The van der Waals surface area contributed by atoms with E-state index in [4.69, 9.17) is 5.11 Å². The lowest BCUT2D eigenvalue weighted by atomic mass is 10.1. The number of hydrogen-bond acceptors (Lipinski definition) is 6. The molecule has 1 aromatic carbocycles. The maximum absolute atomic E-state index is 12.1. The summed E-state index contributed by atoms with van der Waals surface area (Å²) in [7, 11) is 0. The van der Waals surface area contributed by atoms with Gasteiger partial charge in [0, 0.05) is 22.6 Å². The van der Waals surface area contributed by atoms with E-state index < -0.39 is 29.9 Å². The average molecular weight is 370 g/mol. The Bertz CT molecular complexity index is 599. The molecule has 0 spiro atoms. The summed E-state index contributed by atoms with van der Waals surface area (Å²) in [6, 6.07) is 3.88. The summed E-state index contributed by atoms with van der Waals surface area (Å²) in [6.45, 7) is 1.34. The lowest BCUT2D eigenvalue weighted by Crippen LogP contribution is -2.42. The molecular weight excluding hydrogens is 352 g/mol. The van der Waals surface area contributed by atoms with Crippen molar-refractivity contribution in [3.05, 3.63) is 35.4 Å². The summed E-state index contributed by atoms with van der Waals surface area (Å²) in [6.07, 6.45) is 0. The van der Waals surface area contributed by atoms with Gasteiger partial charge in [-0.05, 0) is 25.1 Å². The second kappa shape index (κ2) is 9.33. The minimum absolute atomic E-state index is 0.0660. The third kappa shape index (κ3) is 5.57. The van der Waals surface area contributed by atoms with Crippen molar-refractivity contribution in [2.45, 2.75) is 19.0 Å². The van der Waals surface area contributed by atoms with Gasteiger partial charge < -0.3 is 15.7 Å². The Labute approximate surface area is 150 Å². The van der Waals surface area contributed by atoms with Crippen molar-refractivity contribution in [1.82, 2.24) is 10.6 Å². The lowest BCUT2D eigenvalue weighted by molar-refractivity contribution is -0.138. The number of hydrogen-bond donors (Lipinski definition) is 5. The smallest absolute Gasteiger partial charge is 0.327 e. The van der Waals surface area contributed by atoms with Crippen LogP contribution in [0, 0.1) is 0 Å². The standard InChI is InChI=1S/C15H18N2O5S2/c1-8(18)11(6-23)16-13(19)9-3-2-4-10(5-9)14(20)17-12(7-24)15(21)22/h2-5,11-12,23-24H,6-7H2,1H3,(H,16,19)(H,17,20)(H,21,22). The van der Waals surface area contributed by atoms with Crippen LogP contribution in [0.3, 0.4) is 0 Å². The van der Waals surface area contributed by atoms with Crippen LogP contribution in [-0.2, 0) is 9.59 Å².